The maximum Gasteiger partial charge on any atom is 0.158 e. The predicted octanol–water partition coefficient (Wildman–Crippen LogP) is 0.244. The summed E-state index contributed by atoms with van der Waals surface area (Å²) in [7, 11) is 3.82. The second-order valence-electron chi connectivity index (χ2n) is 5.77. The van der Waals surface area contributed by atoms with Gasteiger partial charge in [-0.25, -0.2) is 0 Å². The predicted molar refractivity (Wildman–Crippen MR) is 112 cm³/mol. The van der Waals surface area contributed by atoms with Crippen LogP contribution in [-0.4, -0.2) is 120 Å². The number of ether oxygens (including phenoxy) is 8. The Balaban J connectivity index is 3.82. The molecule has 0 aliphatic heterocycles. The molecule has 8 nitrogen and oxygen atoms in total. The zero-order valence-electron chi connectivity index (χ0n) is 17.3. The fourth-order valence-corrected chi connectivity index (χ4v) is 3.18. The van der Waals surface area contributed by atoms with Crippen molar-refractivity contribution >= 4 is 33.4 Å². The van der Waals surface area contributed by atoms with Crippen LogP contribution in [0.2, 0.25) is 0 Å². The topological polar surface area (TPSA) is 73.8 Å². The molecule has 0 radical (unpaired) electrons. The molecule has 11 heteroatoms. The molecular weight excluding hydrogens is 431 g/mol. The van der Waals surface area contributed by atoms with Gasteiger partial charge in [-0.1, -0.05) is 0 Å². The van der Waals surface area contributed by atoms with Crippen LogP contribution in [0.15, 0.2) is 0 Å². The summed E-state index contributed by atoms with van der Waals surface area (Å²) in [5, 5.41) is -0.449. The average Bonchev–Trinajstić information content (AvgIpc) is 2.70. The molecule has 0 amide bonds. The first-order valence-corrected chi connectivity index (χ1v) is 11.3. The fourth-order valence-electron chi connectivity index (χ4n) is 1.90. The summed E-state index contributed by atoms with van der Waals surface area (Å²) in [6.07, 6.45) is 0. The minimum absolute atomic E-state index is 0.230. The Kier molecular flexibility index (Phi) is 21.1. The lowest BCUT2D eigenvalue weighted by atomic mass is 10.4. The maximum atomic E-state index is 6.30. The van der Waals surface area contributed by atoms with Crippen molar-refractivity contribution in [1.82, 2.24) is 0 Å². The zero-order chi connectivity index (χ0) is 20.9. The summed E-state index contributed by atoms with van der Waals surface area (Å²) >= 11 is 12.2. The van der Waals surface area contributed by atoms with E-state index in [-0.39, 0.29) is 5.88 Å². The van der Waals surface area contributed by atoms with Gasteiger partial charge in [0.05, 0.1) is 94.9 Å². The van der Waals surface area contributed by atoms with Gasteiger partial charge < -0.3 is 37.9 Å². The summed E-state index contributed by atoms with van der Waals surface area (Å²) in [6.45, 7) is 5.81. The van der Waals surface area contributed by atoms with Crippen LogP contribution in [0.1, 0.15) is 0 Å². The Morgan fingerprint density at radius 2 is 0.964 bits per heavy atom. The molecule has 1 atom stereocenters. The molecule has 28 heavy (non-hydrogen) atoms. The van der Waals surface area contributed by atoms with Crippen LogP contribution in [-0.2, 0) is 37.9 Å². The molecule has 0 spiro atoms. The molecule has 170 valence electrons. The van der Waals surface area contributed by atoms with Crippen molar-refractivity contribution in [2.75, 3.05) is 99.4 Å². The highest BCUT2D eigenvalue weighted by Gasteiger charge is 2.34. The van der Waals surface area contributed by atoms with Crippen LogP contribution < -0.4 is 0 Å². The Bertz CT molecular complexity index is 310. The van der Waals surface area contributed by atoms with Gasteiger partial charge in [-0.2, -0.15) is 0 Å². The lowest BCUT2D eigenvalue weighted by Gasteiger charge is -2.33. The Hall–Kier alpha value is 0.477. The van der Waals surface area contributed by atoms with E-state index < -0.39 is 10.8 Å². The molecule has 0 saturated heterocycles. The highest BCUT2D eigenvalue weighted by atomic mass is 35.5. The maximum absolute atomic E-state index is 6.30. The third-order valence-electron chi connectivity index (χ3n) is 3.54. The molecule has 0 heterocycles. The SMILES string of the molecule is COCCOCCOCCOC([SiH3])(OCCOCCOCCOC)C(Cl)CCl. The monoisotopic (exact) mass is 466 g/mol. The van der Waals surface area contributed by atoms with Gasteiger partial charge in [0.25, 0.3) is 0 Å². The molecule has 0 fully saturated rings. The van der Waals surface area contributed by atoms with Crippen molar-refractivity contribution in [2.45, 2.75) is 10.8 Å². The van der Waals surface area contributed by atoms with E-state index in [1.165, 1.54) is 0 Å². The second kappa shape index (κ2) is 20.7. The van der Waals surface area contributed by atoms with Crippen molar-refractivity contribution in [3.63, 3.8) is 0 Å². The zero-order valence-corrected chi connectivity index (χ0v) is 20.8. The third-order valence-corrected chi connectivity index (χ3v) is 6.20. The number of halogens is 2. The van der Waals surface area contributed by atoms with Crippen LogP contribution in [0.4, 0.5) is 0 Å². The molecule has 1 unspecified atom stereocenters. The van der Waals surface area contributed by atoms with Crippen molar-refractivity contribution in [3.8, 4) is 0 Å². The van der Waals surface area contributed by atoms with Gasteiger partial charge in [-0.3, -0.25) is 0 Å². The van der Waals surface area contributed by atoms with Crippen LogP contribution in [0, 0.1) is 0 Å². The van der Waals surface area contributed by atoms with E-state index in [1.807, 2.05) is 0 Å². The molecule has 0 bridgehead atoms. The van der Waals surface area contributed by atoms with E-state index in [1.54, 1.807) is 14.2 Å². The third kappa shape index (κ3) is 16.3. The Morgan fingerprint density at radius 1 is 0.643 bits per heavy atom. The largest absolute Gasteiger partial charge is 0.382 e. The lowest BCUT2D eigenvalue weighted by Crippen LogP contribution is -2.47. The van der Waals surface area contributed by atoms with Gasteiger partial charge in [0.2, 0.25) is 0 Å². The first-order valence-electron chi connectivity index (χ1n) is 9.37. The van der Waals surface area contributed by atoms with Gasteiger partial charge in [-0.15, -0.1) is 23.2 Å². The van der Waals surface area contributed by atoms with Crippen LogP contribution in [0.3, 0.4) is 0 Å². The van der Waals surface area contributed by atoms with E-state index in [9.17, 15) is 0 Å². The lowest BCUT2D eigenvalue weighted by molar-refractivity contribution is -0.190. The second-order valence-corrected chi connectivity index (χ2v) is 8.00. The quantitative estimate of drug-likeness (QED) is 0.0971. The van der Waals surface area contributed by atoms with Gasteiger partial charge in [0.1, 0.15) is 0 Å². The van der Waals surface area contributed by atoms with Gasteiger partial charge in [0, 0.05) is 20.1 Å². The molecule has 0 N–H and O–H groups in total. The number of hydrogen-bond donors (Lipinski definition) is 0. The highest BCUT2D eigenvalue weighted by Crippen LogP contribution is 2.21. The minimum atomic E-state index is -0.889. The highest BCUT2D eigenvalue weighted by molar-refractivity contribution is 6.32. The van der Waals surface area contributed by atoms with E-state index in [0.717, 1.165) is 0 Å². The molecule has 0 rings (SSSR count). The number of alkyl halides is 2. The molecule has 0 aromatic rings. The minimum Gasteiger partial charge on any atom is -0.382 e. The van der Waals surface area contributed by atoms with E-state index in [0.29, 0.717) is 89.5 Å². The number of hydrogen-bond acceptors (Lipinski definition) is 8. The van der Waals surface area contributed by atoms with Crippen molar-refractivity contribution < 1.29 is 37.9 Å². The summed E-state index contributed by atoms with van der Waals surface area (Å²) in [5.74, 6) is 0.230. The normalized spacial score (nSPS) is 13.3. The van der Waals surface area contributed by atoms with Crippen LogP contribution in [0.25, 0.3) is 0 Å². The molecule has 0 aromatic carbocycles. The molecular formula is C17H36Cl2O8Si. The average molecular weight is 467 g/mol. The van der Waals surface area contributed by atoms with Crippen molar-refractivity contribution in [3.05, 3.63) is 0 Å². The van der Waals surface area contributed by atoms with Crippen LogP contribution >= 0.6 is 23.2 Å². The molecule has 0 aliphatic rings. The van der Waals surface area contributed by atoms with Crippen molar-refractivity contribution in [2.24, 2.45) is 0 Å². The first-order chi connectivity index (χ1) is 13.6. The Labute approximate surface area is 181 Å². The molecule has 0 aromatic heterocycles. The summed E-state index contributed by atoms with van der Waals surface area (Å²) in [6, 6.07) is 0. The summed E-state index contributed by atoms with van der Waals surface area (Å²) in [4.78, 5) is 0. The summed E-state index contributed by atoms with van der Waals surface area (Å²) in [5.41, 5.74) is -0.889. The Morgan fingerprint density at radius 3 is 1.29 bits per heavy atom. The van der Waals surface area contributed by atoms with Crippen LogP contribution in [0.5, 0.6) is 0 Å². The fraction of sp³-hybridized carbons (Fsp3) is 1.00. The summed E-state index contributed by atoms with van der Waals surface area (Å²) < 4.78 is 43.0. The standard InChI is InChI=1S/C17H36Cl2O8Si/c1-20-3-5-22-7-9-24-11-13-26-17(28,16(19)15-18)27-14-12-25-10-8-23-6-4-21-2/h16H,3-15H2,1-2,28H3. The van der Waals surface area contributed by atoms with Gasteiger partial charge in [-0.05, 0) is 0 Å². The van der Waals surface area contributed by atoms with E-state index >= 15 is 0 Å². The van der Waals surface area contributed by atoms with Gasteiger partial charge in [0.15, 0.2) is 5.41 Å². The number of methoxy groups -OCH3 is 2. The van der Waals surface area contributed by atoms with Crippen molar-refractivity contribution in [1.29, 1.82) is 0 Å². The molecule has 0 aliphatic carbocycles. The smallest absolute Gasteiger partial charge is 0.158 e. The molecule has 0 saturated carbocycles. The van der Waals surface area contributed by atoms with E-state index in [4.69, 9.17) is 61.1 Å². The first kappa shape index (κ1) is 28.5. The van der Waals surface area contributed by atoms with E-state index in [2.05, 4.69) is 0 Å². The van der Waals surface area contributed by atoms with Gasteiger partial charge >= 0.3 is 0 Å². The number of rotatable bonds is 22.